The summed E-state index contributed by atoms with van der Waals surface area (Å²) < 4.78 is 2.02. The largest absolute Gasteiger partial charge is 0.508 e. The molecule has 1 heterocycles. The van der Waals surface area contributed by atoms with E-state index in [4.69, 9.17) is 5.11 Å². The number of benzene rings is 1. The van der Waals surface area contributed by atoms with Crippen LogP contribution in [0.5, 0.6) is 5.75 Å². The Morgan fingerprint density at radius 1 is 1.41 bits per heavy atom. The third-order valence-corrected chi connectivity index (χ3v) is 2.90. The number of aliphatic carboxylic acids is 1. The van der Waals surface area contributed by atoms with Crippen LogP contribution >= 0.6 is 0 Å². The van der Waals surface area contributed by atoms with Gasteiger partial charge in [-0.05, 0) is 31.0 Å². The summed E-state index contributed by atoms with van der Waals surface area (Å²) in [6, 6.07) is 5.18. The van der Waals surface area contributed by atoms with Crippen LogP contribution in [0, 0.1) is 0 Å². The first-order chi connectivity index (χ1) is 8.11. The predicted molar refractivity (Wildman–Crippen MR) is 65.2 cm³/mol. The van der Waals surface area contributed by atoms with Crippen molar-refractivity contribution in [3.63, 3.8) is 0 Å². The van der Waals surface area contributed by atoms with E-state index in [1.807, 2.05) is 23.8 Å². The quantitative estimate of drug-likeness (QED) is 0.852. The van der Waals surface area contributed by atoms with E-state index in [1.54, 1.807) is 12.1 Å². The SMILES string of the molecule is CCn1cc(CCC(=O)O)c2ccc(O)cc21. The van der Waals surface area contributed by atoms with Gasteiger partial charge in [0.15, 0.2) is 0 Å². The number of rotatable bonds is 4. The molecule has 0 fully saturated rings. The van der Waals surface area contributed by atoms with Gasteiger partial charge in [-0.3, -0.25) is 4.79 Å². The van der Waals surface area contributed by atoms with Crippen molar-refractivity contribution in [3.8, 4) is 5.75 Å². The molecular weight excluding hydrogens is 218 g/mol. The first kappa shape index (κ1) is 11.5. The van der Waals surface area contributed by atoms with Gasteiger partial charge >= 0.3 is 5.97 Å². The average Bonchev–Trinajstić information content (AvgIpc) is 2.63. The molecule has 0 amide bonds. The van der Waals surface area contributed by atoms with Crippen LogP contribution in [-0.2, 0) is 17.8 Å². The highest BCUT2D eigenvalue weighted by Gasteiger charge is 2.09. The lowest BCUT2D eigenvalue weighted by atomic mass is 10.1. The van der Waals surface area contributed by atoms with Crippen molar-refractivity contribution in [3.05, 3.63) is 30.0 Å². The summed E-state index contributed by atoms with van der Waals surface area (Å²) in [5, 5.41) is 19.2. The number of fused-ring (bicyclic) bond motifs is 1. The van der Waals surface area contributed by atoms with Gasteiger partial charge in [0, 0.05) is 30.6 Å². The normalized spacial score (nSPS) is 10.9. The zero-order valence-corrected chi connectivity index (χ0v) is 9.68. The van der Waals surface area contributed by atoms with Gasteiger partial charge in [-0.15, -0.1) is 0 Å². The van der Waals surface area contributed by atoms with E-state index in [0.717, 1.165) is 23.0 Å². The number of nitrogens with zero attached hydrogens (tertiary/aromatic N) is 1. The van der Waals surface area contributed by atoms with Gasteiger partial charge in [0.2, 0.25) is 0 Å². The fraction of sp³-hybridized carbons (Fsp3) is 0.308. The lowest BCUT2D eigenvalue weighted by Gasteiger charge is -2.00. The first-order valence-corrected chi connectivity index (χ1v) is 5.64. The van der Waals surface area contributed by atoms with Gasteiger partial charge in [0.25, 0.3) is 0 Å². The number of aromatic hydroxyl groups is 1. The minimum Gasteiger partial charge on any atom is -0.508 e. The molecule has 0 atom stereocenters. The maximum absolute atomic E-state index is 10.6. The van der Waals surface area contributed by atoms with Crippen LogP contribution in [0.2, 0.25) is 0 Å². The maximum atomic E-state index is 10.6. The van der Waals surface area contributed by atoms with Crippen molar-refractivity contribution >= 4 is 16.9 Å². The van der Waals surface area contributed by atoms with Crippen molar-refractivity contribution in [2.45, 2.75) is 26.3 Å². The van der Waals surface area contributed by atoms with E-state index < -0.39 is 5.97 Å². The Balaban J connectivity index is 2.45. The number of aryl methyl sites for hydroxylation is 2. The highest BCUT2D eigenvalue weighted by Crippen LogP contribution is 2.26. The minimum atomic E-state index is -0.791. The van der Waals surface area contributed by atoms with Gasteiger partial charge in [0.1, 0.15) is 5.75 Å². The molecular formula is C13H15NO3. The van der Waals surface area contributed by atoms with Crippen LogP contribution in [0.4, 0.5) is 0 Å². The molecule has 0 radical (unpaired) electrons. The van der Waals surface area contributed by atoms with Crippen molar-refractivity contribution in [2.75, 3.05) is 0 Å². The molecule has 0 aliphatic carbocycles. The molecule has 0 bridgehead atoms. The number of carbonyl (C=O) groups is 1. The second-order valence-electron chi connectivity index (χ2n) is 4.04. The van der Waals surface area contributed by atoms with E-state index in [2.05, 4.69) is 0 Å². The maximum Gasteiger partial charge on any atom is 0.303 e. The number of phenols is 1. The molecule has 0 unspecified atom stereocenters. The Morgan fingerprint density at radius 2 is 2.18 bits per heavy atom. The highest BCUT2D eigenvalue weighted by atomic mass is 16.4. The molecule has 17 heavy (non-hydrogen) atoms. The number of hydrogen-bond donors (Lipinski definition) is 2. The molecule has 4 nitrogen and oxygen atoms in total. The van der Waals surface area contributed by atoms with Gasteiger partial charge in [-0.2, -0.15) is 0 Å². The summed E-state index contributed by atoms with van der Waals surface area (Å²) in [5.41, 5.74) is 1.97. The summed E-state index contributed by atoms with van der Waals surface area (Å²) in [6.07, 6.45) is 2.61. The molecule has 1 aromatic heterocycles. The van der Waals surface area contributed by atoms with Crippen molar-refractivity contribution < 1.29 is 15.0 Å². The van der Waals surface area contributed by atoms with Crippen LogP contribution in [0.15, 0.2) is 24.4 Å². The standard InChI is InChI=1S/C13H15NO3/c1-2-14-8-9(3-6-13(16)17)11-5-4-10(15)7-12(11)14/h4-5,7-8,15H,2-3,6H2,1H3,(H,16,17). The zero-order valence-electron chi connectivity index (χ0n) is 9.68. The Labute approximate surface area is 99.1 Å². The number of hydrogen-bond acceptors (Lipinski definition) is 2. The van der Waals surface area contributed by atoms with Gasteiger partial charge < -0.3 is 14.8 Å². The van der Waals surface area contributed by atoms with Gasteiger partial charge in [-0.25, -0.2) is 0 Å². The molecule has 0 aliphatic rings. The predicted octanol–water partition coefficient (Wildman–Crippen LogP) is 2.38. The minimum absolute atomic E-state index is 0.129. The Kier molecular flexibility index (Phi) is 3.04. The van der Waals surface area contributed by atoms with Crippen LogP contribution in [-0.4, -0.2) is 20.7 Å². The molecule has 2 aromatic rings. The van der Waals surface area contributed by atoms with Crippen molar-refractivity contribution in [1.82, 2.24) is 4.57 Å². The fourth-order valence-corrected chi connectivity index (χ4v) is 2.06. The smallest absolute Gasteiger partial charge is 0.303 e. The lowest BCUT2D eigenvalue weighted by molar-refractivity contribution is -0.136. The molecule has 4 heteroatoms. The number of carboxylic acid groups (broad SMARTS) is 1. The zero-order chi connectivity index (χ0) is 12.4. The van der Waals surface area contributed by atoms with Crippen LogP contribution < -0.4 is 0 Å². The highest BCUT2D eigenvalue weighted by molar-refractivity contribution is 5.85. The number of aromatic nitrogens is 1. The molecule has 2 N–H and O–H groups in total. The molecule has 90 valence electrons. The molecule has 1 aromatic carbocycles. The van der Waals surface area contributed by atoms with Gasteiger partial charge in [-0.1, -0.05) is 0 Å². The summed E-state index contributed by atoms with van der Waals surface area (Å²) in [5.74, 6) is -0.559. The van der Waals surface area contributed by atoms with Crippen LogP contribution in [0.1, 0.15) is 18.9 Å². The monoisotopic (exact) mass is 233 g/mol. The summed E-state index contributed by atoms with van der Waals surface area (Å²) >= 11 is 0. The van der Waals surface area contributed by atoms with Crippen LogP contribution in [0.25, 0.3) is 10.9 Å². The van der Waals surface area contributed by atoms with E-state index in [0.29, 0.717) is 6.42 Å². The Bertz CT molecular complexity index is 557. The van der Waals surface area contributed by atoms with Crippen LogP contribution in [0.3, 0.4) is 0 Å². The first-order valence-electron chi connectivity index (χ1n) is 5.64. The lowest BCUT2D eigenvalue weighted by Crippen LogP contribution is -1.97. The molecule has 0 saturated carbocycles. The molecule has 2 rings (SSSR count). The van der Waals surface area contributed by atoms with E-state index >= 15 is 0 Å². The molecule has 0 saturated heterocycles. The molecule has 0 aliphatic heterocycles. The fourth-order valence-electron chi connectivity index (χ4n) is 2.06. The van der Waals surface area contributed by atoms with Gasteiger partial charge in [0.05, 0.1) is 5.52 Å². The third-order valence-electron chi connectivity index (χ3n) is 2.90. The number of carboxylic acids is 1. The Morgan fingerprint density at radius 3 is 2.82 bits per heavy atom. The topological polar surface area (TPSA) is 62.5 Å². The summed E-state index contributed by atoms with van der Waals surface area (Å²) in [6.45, 7) is 2.82. The van der Waals surface area contributed by atoms with E-state index in [-0.39, 0.29) is 12.2 Å². The third kappa shape index (κ3) is 2.25. The summed E-state index contributed by atoms with van der Waals surface area (Å²) in [7, 11) is 0. The average molecular weight is 233 g/mol. The second-order valence-corrected chi connectivity index (χ2v) is 4.04. The number of phenolic OH excluding ortho intramolecular Hbond substituents is 1. The van der Waals surface area contributed by atoms with Crippen molar-refractivity contribution in [1.29, 1.82) is 0 Å². The van der Waals surface area contributed by atoms with E-state index in [1.165, 1.54) is 0 Å². The Hall–Kier alpha value is -1.97. The second kappa shape index (κ2) is 4.49. The van der Waals surface area contributed by atoms with E-state index in [9.17, 15) is 9.90 Å². The molecule has 0 spiro atoms. The summed E-state index contributed by atoms with van der Waals surface area (Å²) in [4.78, 5) is 10.6. The van der Waals surface area contributed by atoms with Crippen molar-refractivity contribution in [2.24, 2.45) is 0 Å².